The molecular formula is C17H17N3OS. The molecule has 0 spiro atoms. The number of carbonyl (C=O) groups excluding carboxylic acids is 1. The molecule has 1 aromatic heterocycles. The van der Waals surface area contributed by atoms with Gasteiger partial charge in [0.2, 0.25) is 0 Å². The zero-order chi connectivity index (χ0) is 15.1. The van der Waals surface area contributed by atoms with Gasteiger partial charge in [-0.1, -0.05) is 0 Å². The fraction of sp³-hybridized carbons (Fsp3) is 0.294. The highest BCUT2D eigenvalue weighted by molar-refractivity contribution is 7.10. The molecule has 2 aromatic rings. The summed E-state index contributed by atoms with van der Waals surface area (Å²) in [6.07, 6.45) is 2.20. The van der Waals surface area contributed by atoms with Crippen LogP contribution in [0.1, 0.15) is 33.6 Å². The van der Waals surface area contributed by atoms with E-state index in [2.05, 4.69) is 4.99 Å². The van der Waals surface area contributed by atoms with Crippen LogP contribution in [0, 0.1) is 0 Å². The van der Waals surface area contributed by atoms with Crippen LogP contribution in [0.3, 0.4) is 0 Å². The predicted molar refractivity (Wildman–Crippen MR) is 87.1 cm³/mol. The van der Waals surface area contributed by atoms with Crippen molar-refractivity contribution in [1.29, 1.82) is 0 Å². The van der Waals surface area contributed by atoms with Crippen molar-refractivity contribution in [2.45, 2.75) is 19.4 Å². The number of thiophene rings is 1. The molecule has 0 saturated carbocycles. The fourth-order valence-corrected chi connectivity index (χ4v) is 3.94. The van der Waals surface area contributed by atoms with Crippen molar-refractivity contribution in [1.82, 2.24) is 4.90 Å². The van der Waals surface area contributed by atoms with Gasteiger partial charge in [0.1, 0.15) is 0 Å². The molecule has 0 atom stereocenters. The Morgan fingerprint density at radius 2 is 2.05 bits per heavy atom. The van der Waals surface area contributed by atoms with E-state index in [-0.39, 0.29) is 5.91 Å². The lowest BCUT2D eigenvalue weighted by molar-refractivity contribution is 0.0792. The summed E-state index contributed by atoms with van der Waals surface area (Å²) in [6.45, 7) is 2.35. The molecule has 0 bridgehead atoms. The maximum Gasteiger partial charge on any atom is 0.253 e. The molecule has 2 aliphatic rings. The highest BCUT2D eigenvalue weighted by Gasteiger charge is 2.20. The normalized spacial score (nSPS) is 16.7. The number of nitrogens with two attached hydrogens (primary N) is 1. The van der Waals surface area contributed by atoms with E-state index in [0.717, 1.165) is 47.8 Å². The highest BCUT2D eigenvalue weighted by atomic mass is 32.1. The van der Waals surface area contributed by atoms with Crippen LogP contribution in [-0.2, 0) is 6.54 Å². The number of rotatable bonds is 1. The van der Waals surface area contributed by atoms with E-state index < -0.39 is 0 Å². The number of nitrogens with zero attached hydrogens (tertiary/aromatic N) is 2. The average Bonchev–Trinajstić information content (AvgIpc) is 3.20. The minimum Gasteiger partial charge on any atom is -0.398 e. The second-order valence-corrected chi connectivity index (χ2v) is 6.72. The molecule has 0 radical (unpaired) electrons. The second kappa shape index (κ2) is 5.25. The first-order valence-electron chi connectivity index (χ1n) is 7.54. The Kier molecular flexibility index (Phi) is 3.22. The van der Waals surface area contributed by atoms with Gasteiger partial charge in [-0.15, -0.1) is 11.3 Å². The number of likely N-dealkylation sites (tertiary alicyclic amines) is 1. The smallest absolute Gasteiger partial charge is 0.253 e. The van der Waals surface area contributed by atoms with Crippen LogP contribution in [0.25, 0.3) is 5.70 Å². The van der Waals surface area contributed by atoms with Gasteiger partial charge in [-0.3, -0.25) is 9.79 Å². The number of fused-ring (bicyclic) bond motifs is 2. The second-order valence-electron chi connectivity index (χ2n) is 5.72. The maximum absolute atomic E-state index is 12.5. The van der Waals surface area contributed by atoms with E-state index in [9.17, 15) is 4.79 Å². The Balaban J connectivity index is 1.82. The Morgan fingerprint density at radius 3 is 2.86 bits per heavy atom. The molecule has 0 aliphatic carbocycles. The molecule has 1 saturated heterocycles. The standard InChI is InChI=1S/C17H17N3OS/c18-16-12-4-3-11(17(21)20-6-1-2-7-20)9-14(12)19-10-15-13(16)5-8-22-15/h3-5,8-9H,1-2,6-7,10,18H2. The van der Waals surface area contributed by atoms with Crippen LogP contribution in [-0.4, -0.2) is 23.9 Å². The molecule has 1 aromatic carbocycles. The van der Waals surface area contributed by atoms with Crippen molar-refractivity contribution in [3.63, 3.8) is 0 Å². The van der Waals surface area contributed by atoms with Crippen LogP contribution >= 0.6 is 11.3 Å². The van der Waals surface area contributed by atoms with Crippen LogP contribution in [0.15, 0.2) is 34.6 Å². The van der Waals surface area contributed by atoms with Gasteiger partial charge in [-0.25, -0.2) is 0 Å². The van der Waals surface area contributed by atoms with Crippen molar-refractivity contribution < 1.29 is 4.79 Å². The number of hydrogen-bond acceptors (Lipinski definition) is 4. The Morgan fingerprint density at radius 1 is 1.23 bits per heavy atom. The third-order valence-corrected chi connectivity index (χ3v) is 5.26. The first-order chi connectivity index (χ1) is 10.7. The quantitative estimate of drug-likeness (QED) is 0.861. The van der Waals surface area contributed by atoms with Crippen molar-refractivity contribution in [3.8, 4) is 0 Å². The largest absolute Gasteiger partial charge is 0.398 e. The molecule has 1 amide bonds. The highest BCUT2D eigenvalue weighted by Crippen LogP contribution is 2.22. The summed E-state index contributed by atoms with van der Waals surface area (Å²) >= 11 is 1.67. The number of benzene rings is 1. The van der Waals surface area contributed by atoms with Gasteiger partial charge < -0.3 is 10.6 Å². The Hall–Kier alpha value is -2.14. The SMILES string of the molecule is NC1=c2ccc(C(=O)N3CCCC3)cc2=NCc2sccc21. The molecule has 1 fully saturated rings. The van der Waals surface area contributed by atoms with Gasteiger partial charge >= 0.3 is 0 Å². The van der Waals surface area contributed by atoms with E-state index in [4.69, 9.17) is 5.73 Å². The minimum atomic E-state index is 0.105. The van der Waals surface area contributed by atoms with Gasteiger partial charge in [0.05, 0.1) is 11.9 Å². The van der Waals surface area contributed by atoms with Gasteiger partial charge in [0.15, 0.2) is 0 Å². The zero-order valence-corrected chi connectivity index (χ0v) is 13.0. The van der Waals surface area contributed by atoms with E-state index in [1.807, 2.05) is 34.5 Å². The third kappa shape index (κ3) is 2.13. The molecule has 3 heterocycles. The lowest BCUT2D eigenvalue weighted by Crippen LogP contribution is -2.33. The molecule has 112 valence electrons. The first kappa shape index (κ1) is 13.5. The number of hydrogen-bond donors (Lipinski definition) is 1. The van der Waals surface area contributed by atoms with Gasteiger partial charge in [0.25, 0.3) is 5.91 Å². The van der Waals surface area contributed by atoms with E-state index >= 15 is 0 Å². The number of amides is 1. The van der Waals surface area contributed by atoms with E-state index in [1.54, 1.807) is 11.3 Å². The monoisotopic (exact) mass is 311 g/mol. The van der Waals surface area contributed by atoms with Gasteiger partial charge in [-0.2, -0.15) is 0 Å². The van der Waals surface area contributed by atoms with Crippen LogP contribution in [0.5, 0.6) is 0 Å². The van der Waals surface area contributed by atoms with Crippen LogP contribution in [0.2, 0.25) is 0 Å². The fourth-order valence-electron chi connectivity index (χ4n) is 3.13. The molecule has 2 N–H and O–H groups in total. The zero-order valence-electron chi connectivity index (χ0n) is 12.2. The molecule has 0 unspecified atom stereocenters. The molecule has 4 rings (SSSR count). The van der Waals surface area contributed by atoms with Crippen molar-refractivity contribution in [3.05, 3.63) is 56.2 Å². The first-order valence-corrected chi connectivity index (χ1v) is 8.42. The molecule has 2 aliphatic heterocycles. The van der Waals surface area contributed by atoms with Gasteiger partial charge in [-0.05, 0) is 42.5 Å². The summed E-state index contributed by atoms with van der Waals surface area (Å²) in [5, 5.41) is 3.80. The summed E-state index contributed by atoms with van der Waals surface area (Å²) in [5.74, 6) is 0.105. The summed E-state index contributed by atoms with van der Waals surface area (Å²) in [7, 11) is 0. The van der Waals surface area contributed by atoms with Crippen molar-refractivity contribution in [2.24, 2.45) is 10.7 Å². The lowest BCUT2D eigenvalue weighted by Gasteiger charge is -2.15. The van der Waals surface area contributed by atoms with Crippen molar-refractivity contribution >= 4 is 22.9 Å². The predicted octanol–water partition coefficient (Wildman–Crippen LogP) is 1.23. The molecule has 5 heteroatoms. The van der Waals surface area contributed by atoms with Crippen LogP contribution in [0.4, 0.5) is 0 Å². The summed E-state index contributed by atoms with van der Waals surface area (Å²) in [5.41, 5.74) is 8.86. The van der Waals surface area contributed by atoms with Crippen LogP contribution < -0.4 is 16.3 Å². The topological polar surface area (TPSA) is 58.7 Å². The maximum atomic E-state index is 12.5. The lowest BCUT2D eigenvalue weighted by atomic mass is 10.1. The van der Waals surface area contributed by atoms with E-state index in [1.165, 1.54) is 4.88 Å². The van der Waals surface area contributed by atoms with Gasteiger partial charge in [0, 0.05) is 40.0 Å². The van der Waals surface area contributed by atoms with E-state index in [0.29, 0.717) is 12.1 Å². The Bertz CT molecular complexity index is 862. The average molecular weight is 311 g/mol. The summed E-state index contributed by atoms with van der Waals surface area (Å²) < 4.78 is 0. The molecule has 22 heavy (non-hydrogen) atoms. The minimum absolute atomic E-state index is 0.105. The van der Waals surface area contributed by atoms with Crippen molar-refractivity contribution in [2.75, 3.05) is 13.1 Å². The summed E-state index contributed by atoms with van der Waals surface area (Å²) in [4.78, 5) is 20.3. The number of carbonyl (C=O) groups is 1. The molecule has 4 nitrogen and oxygen atoms in total. The molecular weight excluding hydrogens is 294 g/mol. The Labute approximate surface area is 132 Å². The third-order valence-electron chi connectivity index (χ3n) is 4.36. The summed E-state index contributed by atoms with van der Waals surface area (Å²) in [6, 6.07) is 7.74.